The third kappa shape index (κ3) is 47.9. The quantitative estimate of drug-likeness (QED) is 0.0199. The molecule has 3 fully saturated rings. The van der Waals surface area contributed by atoms with Crippen molar-refractivity contribution in [1.29, 1.82) is 0 Å². The molecular formula is C91H157NO18. The molecule has 19 heteroatoms. The van der Waals surface area contributed by atoms with Gasteiger partial charge < -0.3 is 89.9 Å². The Labute approximate surface area is 665 Å². The Bertz CT molecular complexity index is 2460. The molecule has 12 N–H and O–H groups in total. The van der Waals surface area contributed by atoms with Crippen molar-refractivity contribution in [2.24, 2.45) is 0 Å². The van der Waals surface area contributed by atoms with Gasteiger partial charge >= 0.3 is 0 Å². The van der Waals surface area contributed by atoms with E-state index in [-0.39, 0.29) is 18.9 Å². The van der Waals surface area contributed by atoms with Crippen LogP contribution in [0.5, 0.6) is 0 Å². The number of unbranched alkanes of at least 4 members (excludes halogenated alkanes) is 35. The topological polar surface area (TPSA) is 307 Å². The lowest BCUT2D eigenvalue weighted by molar-refractivity contribution is -0.379. The Morgan fingerprint density at radius 3 is 1.02 bits per heavy atom. The van der Waals surface area contributed by atoms with E-state index in [4.69, 9.17) is 28.4 Å². The lowest BCUT2D eigenvalue weighted by atomic mass is 9.96. The second-order valence-electron chi connectivity index (χ2n) is 30.6. The van der Waals surface area contributed by atoms with Crippen molar-refractivity contribution in [2.45, 2.75) is 420 Å². The highest BCUT2D eigenvalue weighted by molar-refractivity contribution is 5.76. The molecule has 110 heavy (non-hydrogen) atoms. The van der Waals surface area contributed by atoms with E-state index in [9.17, 15) is 61.0 Å². The fraction of sp³-hybridized carbons (Fsp3) is 0.769. The van der Waals surface area contributed by atoms with Crippen LogP contribution in [-0.2, 0) is 33.2 Å². The van der Waals surface area contributed by atoms with Crippen molar-refractivity contribution < 1.29 is 89.4 Å². The number of hydrogen-bond acceptors (Lipinski definition) is 18. The summed E-state index contributed by atoms with van der Waals surface area (Å²) in [5.74, 6) is -0.291. The van der Waals surface area contributed by atoms with Crippen LogP contribution in [-0.4, -0.2) is 193 Å². The molecule has 0 aromatic heterocycles. The third-order valence-corrected chi connectivity index (χ3v) is 21.0. The van der Waals surface area contributed by atoms with E-state index in [1.54, 1.807) is 6.08 Å². The SMILES string of the molecule is CC/C=C\C/C=C\C/C=C\C/C=C\C/C=C\C/C=C\C/C=C\CCCCCCCCCCCCCCCCCC(=O)NC(COC1OC(CO)C(OC2OC(CO)C(OC3OC(CO)C(O)C(O)C3O)C(O)C2O)C(O)C1O)C(O)/C=C/CC/C=C/CC/C=C/CCCCCCCCCCCCCCCCCCCC. The minimum Gasteiger partial charge on any atom is -0.394 e. The highest BCUT2D eigenvalue weighted by atomic mass is 16.8. The second kappa shape index (κ2) is 69.5. The number of aliphatic hydroxyl groups excluding tert-OH is 11. The van der Waals surface area contributed by atoms with E-state index in [2.05, 4.69) is 129 Å². The zero-order valence-electron chi connectivity index (χ0n) is 68.2. The van der Waals surface area contributed by atoms with Gasteiger partial charge in [-0.15, -0.1) is 0 Å². The monoisotopic (exact) mass is 1550 g/mol. The summed E-state index contributed by atoms with van der Waals surface area (Å²) < 4.78 is 34.5. The molecule has 0 aromatic carbocycles. The highest BCUT2D eigenvalue weighted by Crippen LogP contribution is 2.33. The lowest BCUT2D eigenvalue weighted by Crippen LogP contribution is -2.66. The summed E-state index contributed by atoms with van der Waals surface area (Å²) in [6.45, 7) is 1.62. The molecule has 17 unspecified atom stereocenters. The van der Waals surface area contributed by atoms with Gasteiger partial charge in [0, 0.05) is 6.42 Å². The molecule has 19 nitrogen and oxygen atoms in total. The third-order valence-electron chi connectivity index (χ3n) is 21.0. The van der Waals surface area contributed by atoms with E-state index in [1.165, 1.54) is 180 Å². The van der Waals surface area contributed by atoms with E-state index in [1.807, 2.05) is 6.08 Å². The molecule has 3 aliphatic rings. The number of nitrogens with one attached hydrogen (secondary N) is 1. The smallest absolute Gasteiger partial charge is 0.220 e. The first kappa shape index (κ1) is 100. The van der Waals surface area contributed by atoms with Gasteiger partial charge in [0.15, 0.2) is 18.9 Å². The van der Waals surface area contributed by atoms with Gasteiger partial charge in [0.05, 0.1) is 38.6 Å². The summed E-state index contributed by atoms with van der Waals surface area (Å²) in [6.07, 6.45) is 72.0. The van der Waals surface area contributed by atoms with Crippen LogP contribution in [0.25, 0.3) is 0 Å². The summed E-state index contributed by atoms with van der Waals surface area (Å²) >= 11 is 0. The first-order valence-corrected chi connectivity index (χ1v) is 43.8. The van der Waals surface area contributed by atoms with Gasteiger partial charge in [-0.2, -0.15) is 0 Å². The zero-order chi connectivity index (χ0) is 79.5. The molecule has 17 atom stereocenters. The number of amides is 1. The maximum Gasteiger partial charge on any atom is 0.220 e. The van der Waals surface area contributed by atoms with Crippen LogP contribution in [0, 0.1) is 0 Å². The number of allylic oxidation sites excluding steroid dienone is 19. The normalized spacial score (nSPS) is 25.8. The van der Waals surface area contributed by atoms with Crippen LogP contribution in [0.2, 0.25) is 0 Å². The molecule has 3 heterocycles. The predicted octanol–water partition coefficient (Wildman–Crippen LogP) is 16.2. The summed E-state index contributed by atoms with van der Waals surface area (Å²) in [5, 5.41) is 121. The first-order valence-electron chi connectivity index (χ1n) is 43.8. The molecule has 0 saturated carbocycles. The summed E-state index contributed by atoms with van der Waals surface area (Å²) in [4.78, 5) is 13.5. The molecule has 0 bridgehead atoms. The molecular weight excluding hydrogens is 1390 g/mol. The Hall–Kier alpha value is -3.81. The number of aliphatic hydroxyl groups is 11. The van der Waals surface area contributed by atoms with Crippen molar-refractivity contribution in [3.63, 3.8) is 0 Å². The van der Waals surface area contributed by atoms with Gasteiger partial charge in [0.1, 0.15) is 73.2 Å². The van der Waals surface area contributed by atoms with Gasteiger partial charge in [0.25, 0.3) is 0 Å². The van der Waals surface area contributed by atoms with Crippen LogP contribution in [0.15, 0.2) is 122 Å². The van der Waals surface area contributed by atoms with Crippen molar-refractivity contribution >= 4 is 5.91 Å². The first-order chi connectivity index (χ1) is 53.8. The zero-order valence-corrected chi connectivity index (χ0v) is 68.2. The number of carbonyl (C=O) groups is 1. The van der Waals surface area contributed by atoms with Gasteiger partial charge in [-0.3, -0.25) is 4.79 Å². The maximum absolute atomic E-state index is 13.5. The van der Waals surface area contributed by atoms with Crippen LogP contribution in [0.4, 0.5) is 0 Å². The summed E-state index contributed by atoms with van der Waals surface area (Å²) in [7, 11) is 0. The molecule has 0 spiro atoms. The van der Waals surface area contributed by atoms with Crippen molar-refractivity contribution in [1.82, 2.24) is 5.32 Å². The van der Waals surface area contributed by atoms with E-state index in [0.29, 0.717) is 12.8 Å². The molecule has 634 valence electrons. The van der Waals surface area contributed by atoms with Crippen LogP contribution in [0.3, 0.4) is 0 Å². The fourth-order valence-corrected chi connectivity index (χ4v) is 14.0. The van der Waals surface area contributed by atoms with Crippen molar-refractivity contribution in [2.75, 3.05) is 26.4 Å². The molecule has 3 saturated heterocycles. The van der Waals surface area contributed by atoms with E-state index < -0.39 is 124 Å². The Morgan fingerprint density at radius 1 is 0.336 bits per heavy atom. The Morgan fingerprint density at radius 2 is 0.636 bits per heavy atom. The van der Waals surface area contributed by atoms with Gasteiger partial charge in [-0.05, 0) is 103 Å². The maximum atomic E-state index is 13.5. The highest BCUT2D eigenvalue weighted by Gasteiger charge is 2.54. The van der Waals surface area contributed by atoms with Crippen LogP contribution in [0.1, 0.15) is 316 Å². The minimum absolute atomic E-state index is 0.226. The van der Waals surface area contributed by atoms with Crippen LogP contribution < -0.4 is 5.32 Å². The standard InChI is InChI=1S/C91H157NO18/c1-3-5-7-9-11-13-15-17-19-21-23-25-27-29-31-33-34-35-36-37-38-39-40-41-43-45-47-49-51-53-55-57-59-61-63-65-67-69-79(97)92-74(75(96)68-66-64-62-60-58-56-54-52-50-48-46-44-42-32-30-28-26-24-22-20-18-16-14-12-10-8-6-4-2)73-105-89-85(103)82(100)87(77(71-94)107-89)110-91-86(104)83(101)88(78(72-95)108-91)109-90-84(102)81(99)80(98)76(70-93)106-90/h5,7,11,13,17,19,23,25,29,31,34-35,37-38,50,52,58,60,66,68,74-78,80-91,93-96,98-104H,3-4,6,8-10,12,14-16,18,20-22,24,26-28,30,32-33,36,39-49,51,53-57,59,61-65,67,69-73H2,1-2H3,(H,92,97)/b7-5-,13-11-,19-17-,25-23-,31-29-,35-34-,38-37-,52-50+,60-58+,68-66+. The minimum atomic E-state index is -1.99. The largest absolute Gasteiger partial charge is 0.394 e. The van der Waals surface area contributed by atoms with Crippen molar-refractivity contribution in [3.8, 4) is 0 Å². The second-order valence-corrected chi connectivity index (χ2v) is 30.6. The van der Waals surface area contributed by atoms with Crippen molar-refractivity contribution in [3.05, 3.63) is 122 Å². The average Bonchev–Trinajstić information content (AvgIpc) is 0.784. The van der Waals surface area contributed by atoms with E-state index >= 15 is 0 Å². The predicted molar refractivity (Wildman–Crippen MR) is 443 cm³/mol. The Balaban J connectivity index is 1.35. The Kier molecular flexibility index (Phi) is 63.4. The molecule has 0 aliphatic carbocycles. The van der Waals surface area contributed by atoms with Gasteiger partial charge in [-0.25, -0.2) is 0 Å². The summed E-state index contributed by atoms with van der Waals surface area (Å²) in [6, 6.07) is -1.01. The van der Waals surface area contributed by atoms with Crippen LogP contribution >= 0.6 is 0 Å². The number of ether oxygens (including phenoxy) is 6. The summed E-state index contributed by atoms with van der Waals surface area (Å²) in [5.41, 5.74) is 0. The number of hydrogen-bond donors (Lipinski definition) is 12. The molecule has 3 aliphatic heterocycles. The molecule has 0 aromatic rings. The average molecular weight is 1550 g/mol. The lowest BCUT2D eigenvalue weighted by Gasteiger charge is -2.48. The molecule has 3 rings (SSSR count). The van der Waals surface area contributed by atoms with Gasteiger partial charge in [-0.1, -0.05) is 328 Å². The number of rotatable bonds is 69. The molecule has 0 radical (unpaired) electrons. The van der Waals surface area contributed by atoms with Gasteiger partial charge in [0.2, 0.25) is 5.91 Å². The van der Waals surface area contributed by atoms with E-state index in [0.717, 1.165) is 103 Å². The number of carbonyl (C=O) groups excluding carboxylic acids is 1. The fourth-order valence-electron chi connectivity index (χ4n) is 14.0. The molecule has 1 amide bonds.